The van der Waals surface area contributed by atoms with Crippen molar-refractivity contribution in [1.82, 2.24) is 10.2 Å². The van der Waals surface area contributed by atoms with E-state index in [2.05, 4.69) is 5.32 Å². The van der Waals surface area contributed by atoms with Gasteiger partial charge in [0.2, 0.25) is 5.91 Å². The summed E-state index contributed by atoms with van der Waals surface area (Å²) >= 11 is 6.02. The summed E-state index contributed by atoms with van der Waals surface area (Å²) in [4.78, 5) is 28.1. The number of para-hydroxylation sites is 1. The van der Waals surface area contributed by atoms with Gasteiger partial charge in [0.15, 0.2) is 18.2 Å². The van der Waals surface area contributed by atoms with E-state index in [0.717, 1.165) is 11.1 Å². The average Bonchev–Trinajstić information content (AvgIpc) is 2.82. The Hall–Kier alpha value is -3.38. The van der Waals surface area contributed by atoms with Crippen LogP contribution in [0.1, 0.15) is 25.0 Å². The summed E-state index contributed by atoms with van der Waals surface area (Å²) in [5, 5.41) is 3.49. The molecule has 0 aliphatic heterocycles. The molecule has 0 saturated carbocycles. The molecule has 0 spiro atoms. The summed E-state index contributed by atoms with van der Waals surface area (Å²) in [5.74, 6) is -1.28. The topological polar surface area (TPSA) is 58.6 Å². The second-order valence-corrected chi connectivity index (χ2v) is 8.67. The number of nitrogens with zero attached hydrogens (tertiary/aromatic N) is 1. The Balaban J connectivity index is 1.91. The number of hydrogen-bond acceptors (Lipinski definition) is 3. The Morgan fingerprint density at radius 1 is 0.941 bits per heavy atom. The zero-order chi connectivity index (χ0) is 24.5. The van der Waals surface area contributed by atoms with E-state index in [4.69, 9.17) is 16.3 Å². The average molecular weight is 483 g/mol. The predicted molar refractivity (Wildman–Crippen MR) is 131 cm³/mol. The molecular weight excluding hydrogens is 455 g/mol. The molecule has 5 nitrogen and oxygen atoms in total. The number of ether oxygens (including phenoxy) is 1. The summed E-state index contributed by atoms with van der Waals surface area (Å²) in [5.41, 5.74) is 1.72. The number of amides is 2. The molecule has 0 aromatic heterocycles. The molecule has 0 bridgehead atoms. The van der Waals surface area contributed by atoms with Crippen LogP contribution in [0.15, 0.2) is 78.9 Å². The third kappa shape index (κ3) is 7.32. The van der Waals surface area contributed by atoms with Gasteiger partial charge in [0.05, 0.1) is 0 Å². The molecule has 0 aliphatic rings. The van der Waals surface area contributed by atoms with Gasteiger partial charge < -0.3 is 15.0 Å². The van der Waals surface area contributed by atoms with E-state index in [0.29, 0.717) is 11.4 Å². The van der Waals surface area contributed by atoms with E-state index in [-0.39, 0.29) is 24.2 Å². The third-order valence-corrected chi connectivity index (χ3v) is 5.41. The fourth-order valence-corrected chi connectivity index (χ4v) is 3.63. The van der Waals surface area contributed by atoms with Gasteiger partial charge in [-0.25, -0.2) is 4.39 Å². The number of halogens is 2. The Bertz CT molecular complexity index is 1090. The summed E-state index contributed by atoms with van der Waals surface area (Å²) in [6.45, 7) is 3.49. The first-order valence-electron chi connectivity index (χ1n) is 11.1. The molecular formula is C27H28ClFN2O3. The largest absolute Gasteiger partial charge is 0.481 e. The second-order valence-electron chi connectivity index (χ2n) is 8.24. The molecule has 34 heavy (non-hydrogen) atoms. The van der Waals surface area contributed by atoms with E-state index in [1.54, 1.807) is 36.4 Å². The lowest BCUT2D eigenvalue weighted by Gasteiger charge is -2.32. The Kier molecular flexibility index (Phi) is 9.05. The van der Waals surface area contributed by atoms with Crippen LogP contribution in [0.25, 0.3) is 0 Å². The lowest BCUT2D eigenvalue weighted by atomic mass is 10.0. The van der Waals surface area contributed by atoms with Gasteiger partial charge in [-0.05, 0) is 49.2 Å². The zero-order valence-corrected chi connectivity index (χ0v) is 20.0. The minimum Gasteiger partial charge on any atom is -0.481 e. The van der Waals surface area contributed by atoms with Crippen molar-refractivity contribution < 1.29 is 18.7 Å². The van der Waals surface area contributed by atoms with E-state index < -0.39 is 24.4 Å². The molecule has 0 fully saturated rings. The van der Waals surface area contributed by atoms with Gasteiger partial charge >= 0.3 is 0 Å². The summed E-state index contributed by atoms with van der Waals surface area (Å²) in [6.07, 6.45) is 0.318. The molecule has 0 unspecified atom stereocenters. The molecule has 1 N–H and O–H groups in total. The fraction of sp³-hybridized carbons (Fsp3) is 0.259. The minimum absolute atomic E-state index is 0.0199. The number of hydrogen-bond donors (Lipinski definition) is 1. The number of rotatable bonds is 10. The van der Waals surface area contributed by atoms with Crippen LogP contribution in [0, 0.1) is 5.82 Å². The van der Waals surface area contributed by atoms with Gasteiger partial charge in [-0.1, -0.05) is 66.2 Å². The van der Waals surface area contributed by atoms with Crippen LogP contribution in [0.2, 0.25) is 5.02 Å². The SMILES string of the molecule is CC(C)NC(=O)[C@@H](Cc1ccccc1)N(Cc1ccc(Cl)cc1)C(=O)COc1ccccc1F. The van der Waals surface area contributed by atoms with Gasteiger partial charge in [0, 0.05) is 24.0 Å². The summed E-state index contributed by atoms with van der Waals surface area (Å²) < 4.78 is 19.5. The van der Waals surface area contributed by atoms with Gasteiger partial charge in [0.1, 0.15) is 6.04 Å². The van der Waals surface area contributed by atoms with Crippen molar-refractivity contribution in [3.05, 3.63) is 101 Å². The molecule has 1 atom stereocenters. The second kappa shape index (κ2) is 12.2. The molecule has 0 heterocycles. The summed E-state index contributed by atoms with van der Waals surface area (Å²) in [6, 6.07) is 21.6. The predicted octanol–water partition coefficient (Wildman–Crippen LogP) is 5.02. The highest BCUT2D eigenvalue weighted by molar-refractivity contribution is 6.30. The smallest absolute Gasteiger partial charge is 0.261 e. The molecule has 0 saturated heterocycles. The van der Waals surface area contributed by atoms with Crippen molar-refractivity contribution in [2.24, 2.45) is 0 Å². The molecule has 178 valence electrons. The first-order valence-corrected chi connectivity index (χ1v) is 11.5. The zero-order valence-electron chi connectivity index (χ0n) is 19.2. The number of nitrogens with one attached hydrogen (secondary N) is 1. The Morgan fingerprint density at radius 3 is 2.24 bits per heavy atom. The molecule has 3 aromatic carbocycles. The van der Waals surface area contributed by atoms with Crippen molar-refractivity contribution in [2.45, 2.75) is 38.9 Å². The van der Waals surface area contributed by atoms with Crippen LogP contribution in [0.3, 0.4) is 0 Å². The first kappa shape index (κ1) is 25.2. The maximum absolute atomic E-state index is 14.0. The molecule has 2 amide bonds. The molecule has 7 heteroatoms. The summed E-state index contributed by atoms with van der Waals surface area (Å²) in [7, 11) is 0. The van der Waals surface area contributed by atoms with E-state index in [1.165, 1.54) is 17.0 Å². The van der Waals surface area contributed by atoms with Crippen LogP contribution in [0.4, 0.5) is 4.39 Å². The van der Waals surface area contributed by atoms with Crippen molar-refractivity contribution in [3.8, 4) is 5.75 Å². The third-order valence-electron chi connectivity index (χ3n) is 5.16. The molecule has 3 rings (SSSR count). The quantitative estimate of drug-likeness (QED) is 0.441. The van der Waals surface area contributed by atoms with Crippen LogP contribution >= 0.6 is 11.6 Å². The maximum atomic E-state index is 14.0. The highest BCUT2D eigenvalue weighted by Crippen LogP contribution is 2.19. The van der Waals surface area contributed by atoms with Crippen LogP contribution in [0.5, 0.6) is 5.75 Å². The van der Waals surface area contributed by atoms with Gasteiger partial charge in [0.25, 0.3) is 5.91 Å². The van der Waals surface area contributed by atoms with Gasteiger partial charge in [-0.3, -0.25) is 9.59 Å². The van der Waals surface area contributed by atoms with Crippen molar-refractivity contribution in [3.63, 3.8) is 0 Å². The standard InChI is InChI=1S/C27H28ClFN2O3/c1-19(2)30-27(33)24(16-20-8-4-3-5-9-20)31(17-21-12-14-22(28)15-13-21)26(32)18-34-25-11-7-6-10-23(25)29/h3-15,19,24H,16-18H2,1-2H3,(H,30,33)/t24-/m1/s1. The van der Waals surface area contributed by atoms with E-state index >= 15 is 0 Å². The molecule has 3 aromatic rings. The fourth-order valence-electron chi connectivity index (χ4n) is 3.51. The Labute approximate surface area is 204 Å². The minimum atomic E-state index is -0.794. The van der Waals surface area contributed by atoms with Gasteiger partial charge in [-0.2, -0.15) is 0 Å². The van der Waals surface area contributed by atoms with Crippen LogP contribution < -0.4 is 10.1 Å². The van der Waals surface area contributed by atoms with Gasteiger partial charge in [-0.15, -0.1) is 0 Å². The van der Waals surface area contributed by atoms with E-state index in [1.807, 2.05) is 44.2 Å². The van der Waals surface area contributed by atoms with Crippen molar-refractivity contribution in [2.75, 3.05) is 6.61 Å². The maximum Gasteiger partial charge on any atom is 0.261 e. The number of carbonyl (C=O) groups excluding carboxylic acids is 2. The first-order chi connectivity index (χ1) is 16.3. The number of benzene rings is 3. The van der Waals surface area contributed by atoms with Crippen LogP contribution in [-0.2, 0) is 22.6 Å². The van der Waals surface area contributed by atoms with Crippen molar-refractivity contribution in [1.29, 1.82) is 0 Å². The lowest BCUT2D eigenvalue weighted by molar-refractivity contribution is -0.143. The normalized spacial score (nSPS) is 11.7. The highest BCUT2D eigenvalue weighted by Gasteiger charge is 2.31. The monoisotopic (exact) mass is 482 g/mol. The highest BCUT2D eigenvalue weighted by atomic mass is 35.5. The number of carbonyl (C=O) groups is 2. The van der Waals surface area contributed by atoms with E-state index in [9.17, 15) is 14.0 Å². The molecule has 0 aliphatic carbocycles. The van der Waals surface area contributed by atoms with Crippen molar-refractivity contribution >= 4 is 23.4 Å². The Morgan fingerprint density at radius 2 is 1.59 bits per heavy atom. The lowest BCUT2D eigenvalue weighted by Crippen LogP contribution is -2.52. The molecule has 0 radical (unpaired) electrons. The van der Waals surface area contributed by atoms with Crippen LogP contribution in [-0.4, -0.2) is 35.4 Å².